The van der Waals surface area contributed by atoms with E-state index in [1.807, 2.05) is 31.2 Å². The second-order valence-electron chi connectivity index (χ2n) is 6.55. The van der Waals surface area contributed by atoms with E-state index in [9.17, 15) is 9.59 Å². The number of nitrogens with zero attached hydrogens (tertiary/aromatic N) is 2. The van der Waals surface area contributed by atoms with Crippen molar-refractivity contribution in [2.45, 2.75) is 25.9 Å². The number of aromatic nitrogens is 1. The first kappa shape index (κ1) is 17.0. The summed E-state index contributed by atoms with van der Waals surface area (Å²) in [4.78, 5) is 31.4. The Balaban J connectivity index is 1.53. The zero-order valence-electron chi connectivity index (χ0n) is 14.9. The molecule has 6 nitrogen and oxygen atoms in total. The first-order chi connectivity index (χ1) is 13.1. The molecular formula is C21H19N3O3. The van der Waals surface area contributed by atoms with Crippen LogP contribution in [0.5, 0.6) is 0 Å². The van der Waals surface area contributed by atoms with E-state index < -0.39 is 0 Å². The number of benzene rings is 1. The molecule has 0 spiro atoms. The molecule has 0 radical (unpaired) electrons. The van der Waals surface area contributed by atoms with Crippen molar-refractivity contribution in [2.24, 2.45) is 0 Å². The van der Waals surface area contributed by atoms with Crippen molar-refractivity contribution in [1.29, 1.82) is 0 Å². The number of carbonyl (C=O) groups excluding carboxylic acids is 2. The largest absolute Gasteiger partial charge is 0.467 e. The van der Waals surface area contributed by atoms with Crippen LogP contribution in [0.2, 0.25) is 0 Å². The number of anilines is 1. The monoisotopic (exact) mass is 361 g/mol. The lowest BCUT2D eigenvalue weighted by molar-refractivity contribution is 0.0948. The summed E-state index contributed by atoms with van der Waals surface area (Å²) in [5.74, 6) is 0.182. The van der Waals surface area contributed by atoms with Crippen molar-refractivity contribution in [3.63, 3.8) is 0 Å². The fraction of sp³-hybridized carbons (Fsp3) is 0.190. The molecule has 0 fully saturated rings. The highest BCUT2D eigenvalue weighted by Gasteiger charge is 2.32. The summed E-state index contributed by atoms with van der Waals surface area (Å²) >= 11 is 0. The van der Waals surface area contributed by atoms with Crippen molar-refractivity contribution in [1.82, 2.24) is 10.3 Å². The van der Waals surface area contributed by atoms with Crippen molar-refractivity contribution >= 4 is 17.5 Å². The molecule has 1 aliphatic heterocycles. The first-order valence-corrected chi connectivity index (χ1v) is 8.81. The molecule has 3 aromatic rings. The number of fused-ring (bicyclic) bond motifs is 1. The van der Waals surface area contributed by atoms with Crippen molar-refractivity contribution in [3.8, 4) is 0 Å². The number of pyridine rings is 1. The molecule has 1 atom stereocenters. The van der Waals surface area contributed by atoms with Crippen molar-refractivity contribution < 1.29 is 14.0 Å². The third kappa shape index (κ3) is 3.33. The number of hydrogen-bond acceptors (Lipinski definition) is 4. The minimum Gasteiger partial charge on any atom is -0.467 e. The van der Waals surface area contributed by atoms with Gasteiger partial charge in [-0.2, -0.15) is 0 Å². The van der Waals surface area contributed by atoms with Gasteiger partial charge in [-0.15, -0.1) is 0 Å². The molecule has 0 saturated carbocycles. The average molecular weight is 361 g/mol. The molecule has 1 N–H and O–H groups in total. The molecule has 3 heterocycles. The molecule has 2 aromatic heterocycles. The zero-order chi connectivity index (χ0) is 18.8. The van der Waals surface area contributed by atoms with Crippen molar-refractivity contribution in [2.75, 3.05) is 4.90 Å². The number of carbonyl (C=O) groups is 2. The van der Waals surface area contributed by atoms with E-state index in [1.54, 1.807) is 29.4 Å². The molecule has 6 heteroatoms. The molecular weight excluding hydrogens is 342 g/mol. The fourth-order valence-corrected chi connectivity index (χ4v) is 3.37. The van der Waals surface area contributed by atoms with E-state index in [-0.39, 0.29) is 30.1 Å². The standard InChI is InChI=1S/C21H19N3O3/c1-14-11-15-5-2-3-7-19(15)24(14)21(26)18-12-16(8-9-22-18)20(25)23-13-17-6-4-10-27-17/h2-10,12,14H,11,13H2,1H3,(H,23,25). The van der Waals surface area contributed by atoms with E-state index >= 15 is 0 Å². The minimum absolute atomic E-state index is 0.0492. The van der Waals surface area contributed by atoms with Crippen LogP contribution in [-0.2, 0) is 13.0 Å². The molecule has 1 aliphatic rings. The normalized spacial score (nSPS) is 15.4. The van der Waals surface area contributed by atoms with E-state index in [1.165, 1.54) is 12.3 Å². The van der Waals surface area contributed by atoms with Gasteiger partial charge in [0.15, 0.2) is 0 Å². The lowest BCUT2D eigenvalue weighted by Gasteiger charge is -2.22. The Morgan fingerprint density at radius 1 is 1.22 bits per heavy atom. The van der Waals surface area contributed by atoms with Gasteiger partial charge in [-0.3, -0.25) is 14.6 Å². The van der Waals surface area contributed by atoms with Gasteiger partial charge in [-0.05, 0) is 49.2 Å². The topological polar surface area (TPSA) is 75.4 Å². The summed E-state index contributed by atoms with van der Waals surface area (Å²) in [6, 6.07) is 14.6. The highest BCUT2D eigenvalue weighted by Crippen LogP contribution is 2.32. The molecule has 4 rings (SSSR count). The Labute approximate surface area is 156 Å². The van der Waals surface area contributed by atoms with Crippen LogP contribution in [0.3, 0.4) is 0 Å². The summed E-state index contributed by atoms with van der Waals surface area (Å²) in [5.41, 5.74) is 2.69. The van der Waals surface area contributed by atoms with Gasteiger partial charge in [0.05, 0.1) is 12.8 Å². The molecule has 2 amide bonds. The van der Waals surface area contributed by atoms with Gasteiger partial charge in [0, 0.05) is 23.5 Å². The van der Waals surface area contributed by atoms with Gasteiger partial charge >= 0.3 is 0 Å². The Morgan fingerprint density at radius 3 is 2.89 bits per heavy atom. The van der Waals surface area contributed by atoms with Gasteiger partial charge in [-0.1, -0.05) is 18.2 Å². The lowest BCUT2D eigenvalue weighted by atomic mass is 10.1. The van der Waals surface area contributed by atoms with Gasteiger partial charge in [-0.25, -0.2) is 0 Å². The summed E-state index contributed by atoms with van der Waals surface area (Å²) in [5, 5.41) is 2.78. The number of hydrogen-bond donors (Lipinski definition) is 1. The quantitative estimate of drug-likeness (QED) is 0.774. The van der Waals surface area contributed by atoms with E-state index in [0.717, 1.165) is 17.7 Å². The Hall–Kier alpha value is -3.41. The van der Waals surface area contributed by atoms with Crippen LogP contribution in [-0.4, -0.2) is 22.8 Å². The van der Waals surface area contributed by atoms with Crippen LogP contribution in [0.4, 0.5) is 5.69 Å². The lowest BCUT2D eigenvalue weighted by Crippen LogP contribution is -2.36. The summed E-state index contributed by atoms with van der Waals surface area (Å²) < 4.78 is 5.21. The van der Waals surface area contributed by atoms with E-state index in [0.29, 0.717) is 11.3 Å². The fourth-order valence-electron chi connectivity index (χ4n) is 3.37. The Morgan fingerprint density at radius 2 is 2.07 bits per heavy atom. The smallest absolute Gasteiger partial charge is 0.277 e. The van der Waals surface area contributed by atoms with Gasteiger partial charge in [0.25, 0.3) is 11.8 Å². The van der Waals surface area contributed by atoms with Crippen LogP contribution in [0.15, 0.2) is 65.4 Å². The third-order valence-corrected chi connectivity index (χ3v) is 4.67. The van der Waals surface area contributed by atoms with Crippen LogP contribution < -0.4 is 10.2 Å². The minimum atomic E-state index is -0.280. The summed E-state index contributed by atoms with van der Waals surface area (Å²) in [7, 11) is 0. The van der Waals surface area contributed by atoms with Crippen molar-refractivity contribution in [3.05, 3.63) is 83.6 Å². The highest BCUT2D eigenvalue weighted by molar-refractivity contribution is 6.07. The number of nitrogens with one attached hydrogen (secondary N) is 1. The second kappa shape index (κ2) is 7.07. The SMILES string of the molecule is CC1Cc2ccccc2N1C(=O)c1cc(C(=O)NCc2ccco2)ccn1. The van der Waals surface area contributed by atoms with Crippen LogP contribution in [0.1, 0.15) is 39.1 Å². The molecule has 0 saturated heterocycles. The van der Waals surface area contributed by atoms with Crippen LogP contribution >= 0.6 is 0 Å². The summed E-state index contributed by atoms with van der Waals surface area (Å²) in [6.07, 6.45) is 3.85. The van der Waals surface area contributed by atoms with Crippen LogP contribution in [0.25, 0.3) is 0 Å². The number of furan rings is 1. The zero-order valence-corrected chi connectivity index (χ0v) is 14.9. The van der Waals surface area contributed by atoms with E-state index in [2.05, 4.69) is 10.3 Å². The molecule has 1 aromatic carbocycles. The predicted molar refractivity (Wildman–Crippen MR) is 101 cm³/mol. The first-order valence-electron chi connectivity index (χ1n) is 8.81. The maximum Gasteiger partial charge on any atom is 0.277 e. The second-order valence-corrected chi connectivity index (χ2v) is 6.55. The van der Waals surface area contributed by atoms with Crippen LogP contribution in [0, 0.1) is 0 Å². The van der Waals surface area contributed by atoms with Gasteiger partial charge in [0.2, 0.25) is 0 Å². The molecule has 136 valence electrons. The van der Waals surface area contributed by atoms with Gasteiger partial charge in [0.1, 0.15) is 11.5 Å². The molecule has 0 bridgehead atoms. The predicted octanol–water partition coefficient (Wildman–Crippen LogP) is 3.20. The third-order valence-electron chi connectivity index (χ3n) is 4.67. The highest BCUT2D eigenvalue weighted by atomic mass is 16.3. The Kier molecular flexibility index (Phi) is 4.46. The maximum atomic E-state index is 13.1. The number of amides is 2. The Bertz CT molecular complexity index is 982. The summed E-state index contributed by atoms with van der Waals surface area (Å²) in [6.45, 7) is 2.30. The van der Waals surface area contributed by atoms with Gasteiger partial charge < -0.3 is 14.6 Å². The number of rotatable bonds is 4. The molecule has 27 heavy (non-hydrogen) atoms. The molecule has 0 aliphatic carbocycles. The number of para-hydroxylation sites is 1. The molecule has 1 unspecified atom stereocenters. The average Bonchev–Trinajstić information content (AvgIpc) is 3.32. The van der Waals surface area contributed by atoms with E-state index in [4.69, 9.17) is 4.42 Å². The maximum absolute atomic E-state index is 13.1.